The molecule has 4 N–H and O–H groups in total. The zero-order chi connectivity index (χ0) is 15.8. The van der Waals surface area contributed by atoms with Crippen LogP contribution in [0.4, 0.5) is 0 Å². The molecule has 0 aliphatic carbocycles. The fraction of sp³-hybridized carbons (Fsp3) is 1.00. The molecule has 1 rings (SSSR count). The lowest BCUT2D eigenvalue weighted by molar-refractivity contribution is -0.297. The zero-order valence-electron chi connectivity index (χ0n) is 13.1. The molecular formula is C14H29NO6. The molecule has 0 radical (unpaired) electrons. The van der Waals surface area contributed by atoms with Gasteiger partial charge in [0.05, 0.1) is 6.61 Å². The highest BCUT2D eigenvalue weighted by Crippen LogP contribution is 2.22. The number of rotatable bonds is 9. The van der Waals surface area contributed by atoms with Gasteiger partial charge in [0.25, 0.3) is 0 Å². The quantitative estimate of drug-likeness (QED) is 0.409. The van der Waals surface area contributed by atoms with E-state index in [0.29, 0.717) is 19.8 Å². The van der Waals surface area contributed by atoms with Crippen molar-refractivity contribution >= 4 is 0 Å². The fourth-order valence-electron chi connectivity index (χ4n) is 2.10. The molecule has 126 valence electrons. The van der Waals surface area contributed by atoms with Crippen molar-refractivity contribution in [3.63, 3.8) is 0 Å². The monoisotopic (exact) mass is 307 g/mol. The summed E-state index contributed by atoms with van der Waals surface area (Å²) in [5.74, 6) is 0.287. The maximum Gasteiger partial charge on any atom is 0.186 e. The maximum absolute atomic E-state index is 9.95. The Morgan fingerprint density at radius 3 is 2.48 bits per heavy atom. The standard InChI is InChI=1S/C14H29NO6/c1-9(2)8-20-14-13(18)12(17)11(16)10(21-14)7-15-5-4-6-19-3/h9-18H,4-8H2,1-3H3/t10-,11+,12+,13+,14-/m1/s1. The van der Waals surface area contributed by atoms with Crippen LogP contribution in [-0.4, -0.2) is 79.4 Å². The summed E-state index contributed by atoms with van der Waals surface area (Å²) in [6.07, 6.45) is -4.36. The molecule has 1 heterocycles. The van der Waals surface area contributed by atoms with Crippen molar-refractivity contribution in [2.75, 3.05) is 33.4 Å². The molecule has 7 nitrogen and oxygen atoms in total. The molecule has 5 atom stereocenters. The Kier molecular flexibility index (Phi) is 8.65. The van der Waals surface area contributed by atoms with E-state index in [1.165, 1.54) is 0 Å². The number of methoxy groups -OCH3 is 1. The minimum absolute atomic E-state index is 0.287. The molecule has 0 bridgehead atoms. The first-order valence-electron chi connectivity index (χ1n) is 7.48. The largest absolute Gasteiger partial charge is 0.388 e. The van der Waals surface area contributed by atoms with Gasteiger partial charge in [-0.25, -0.2) is 0 Å². The highest BCUT2D eigenvalue weighted by molar-refractivity contribution is 4.90. The van der Waals surface area contributed by atoms with Crippen LogP contribution in [0, 0.1) is 5.92 Å². The molecule has 7 heteroatoms. The van der Waals surface area contributed by atoms with Crippen LogP contribution in [0.1, 0.15) is 20.3 Å². The molecule has 0 saturated carbocycles. The summed E-state index contributed by atoms with van der Waals surface area (Å²) in [7, 11) is 1.64. The highest BCUT2D eigenvalue weighted by Gasteiger charge is 2.43. The van der Waals surface area contributed by atoms with Crippen LogP contribution in [0.25, 0.3) is 0 Å². The van der Waals surface area contributed by atoms with Crippen LogP contribution in [0.5, 0.6) is 0 Å². The van der Waals surface area contributed by atoms with Gasteiger partial charge in [-0.1, -0.05) is 13.8 Å². The molecule has 0 aromatic rings. The minimum atomic E-state index is -1.28. The second kappa shape index (κ2) is 9.68. The van der Waals surface area contributed by atoms with Crippen molar-refractivity contribution in [3.05, 3.63) is 0 Å². The van der Waals surface area contributed by atoms with Gasteiger partial charge >= 0.3 is 0 Å². The van der Waals surface area contributed by atoms with Gasteiger partial charge in [0, 0.05) is 20.3 Å². The van der Waals surface area contributed by atoms with E-state index in [0.717, 1.165) is 13.0 Å². The first-order chi connectivity index (χ1) is 9.97. The number of ether oxygens (including phenoxy) is 3. The first kappa shape index (κ1) is 18.8. The molecular weight excluding hydrogens is 278 g/mol. The summed E-state index contributed by atoms with van der Waals surface area (Å²) in [5.41, 5.74) is 0. The van der Waals surface area contributed by atoms with E-state index in [2.05, 4.69) is 5.32 Å². The molecule has 1 aliphatic heterocycles. The average Bonchev–Trinajstić information content (AvgIpc) is 2.45. The van der Waals surface area contributed by atoms with Crippen LogP contribution in [0.15, 0.2) is 0 Å². The Labute approximate surface area is 126 Å². The molecule has 21 heavy (non-hydrogen) atoms. The molecule has 1 fully saturated rings. The number of hydrogen-bond acceptors (Lipinski definition) is 7. The lowest BCUT2D eigenvalue weighted by Crippen LogP contribution is -2.60. The van der Waals surface area contributed by atoms with Gasteiger partial charge in [-0.15, -0.1) is 0 Å². The SMILES string of the molecule is COCCCNC[C@H]1O[C@@H](OCC(C)C)[C@@H](O)[C@@H](O)[C@H]1O. The van der Waals surface area contributed by atoms with Crippen molar-refractivity contribution in [2.45, 2.75) is 51.0 Å². The lowest BCUT2D eigenvalue weighted by atomic mass is 9.99. The number of hydrogen-bond donors (Lipinski definition) is 4. The van der Waals surface area contributed by atoms with Gasteiger partial charge in [0.15, 0.2) is 6.29 Å². The Balaban J connectivity index is 2.42. The summed E-state index contributed by atoms with van der Waals surface area (Å²) in [5, 5.41) is 32.8. The van der Waals surface area contributed by atoms with E-state index < -0.39 is 30.7 Å². The molecule has 0 amide bonds. The molecule has 0 aromatic carbocycles. The summed E-state index contributed by atoms with van der Waals surface area (Å²) >= 11 is 0. The molecule has 0 spiro atoms. The number of aliphatic hydroxyl groups is 3. The maximum atomic E-state index is 9.95. The third kappa shape index (κ3) is 6.15. The van der Waals surface area contributed by atoms with Crippen LogP contribution < -0.4 is 5.32 Å². The second-order valence-electron chi connectivity index (χ2n) is 5.79. The summed E-state index contributed by atoms with van der Waals surface area (Å²) in [6, 6.07) is 0. The Hall–Kier alpha value is -0.280. The van der Waals surface area contributed by atoms with E-state index in [1.807, 2.05) is 13.8 Å². The third-order valence-electron chi connectivity index (χ3n) is 3.31. The Morgan fingerprint density at radius 1 is 1.14 bits per heavy atom. The minimum Gasteiger partial charge on any atom is -0.388 e. The van der Waals surface area contributed by atoms with E-state index in [9.17, 15) is 15.3 Å². The number of nitrogens with one attached hydrogen (secondary N) is 1. The van der Waals surface area contributed by atoms with Crippen molar-refractivity contribution in [3.8, 4) is 0 Å². The normalized spacial score (nSPS) is 33.6. The topological polar surface area (TPSA) is 100 Å². The molecule has 0 unspecified atom stereocenters. The zero-order valence-corrected chi connectivity index (χ0v) is 13.1. The van der Waals surface area contributed by atoms with E-state index in [4.69, 9.17) is 14.2 Å². The molecule has 1 saturated heterocycles. The molecule has 1 aliphatic rings. The Bertz CT molecular complexity index is 278. The van der Waals surface area contributed by atoms with Crippen molar-refractivity contribution < 1.29 is 29.5 Å². The van der Waals surface area contributed by atoms with Crippen LogP contribution >= 0.6 is 0 Å². The van der Waals surface area contributed by atoms with Crippen molar-refractivity contribution in [2.24, 2.45) is 5.92 Å². The number of aliphatic hydroxyl groups excluding tert-OH is 3. The average molecular weight is 307 g/mol. The van der Waals surface area contributed by atoms with E-state index >= 15 is 0 Å². The van der Waals surface area contributed by atoms with Crippen LogP contribution in [0.3, 0.4) is 0 Å². The smallest absolute Gasteiger partial charge is 0.186 e. The van der Waals surface area contributed by atoms with Gasteiger partial charge in [-0.2, -0.15) is 0 Å². The van der Waals surface area contributed by atoms with Crippen molar-refractivity contribution in [1.82, 2.24) is 5.32 Å². The summed E-state index contributed by atoms with van der Waals surface area (Å²) in [6.45, 7) is 6.12. The fourth-order valence-corrected chi connectivity index (χ4v) is 2.10. The summed E-state index contributed by atoms with van der Waals surface area (Å²) in [4.78, 5) is 0. The van der Waals surface area contributed by atoms with Gasteiger partial charge in [0.1, 0.15) is 24.4 Å². The highest BCUT2D eigenvalue weighted by atomic mass is 16.7. The van der Waals surface area contributed by atoms with Gasteiger partial charge in [-0.05, 0) is 18.9 Å². The first-order valence-corrected chi connectivity index (χ1v) is 7.48. The molecule has 0 aromatic heterocycles. The van der Waals surface area contributed by atoms with Gasteiger partial charge < -0.3 is 34.8 Å². The van der Waals surface area contributed by atoms with Crippen molar-refractivity contribution in [1.29, 1.82) is 0 Å². The van der Waals surface area contributed by atoms with E-state index in [-0.39, 0.29) is 5.92 Å². The second-order valence-corrected chi connectivity index (χ2v) is 5.79. The van der Waals surface area contributed by atoms with Crippen LogP contribution in [0.2, 0.25) is 0 Å². The van der Waals surface area contributed by atoms with E-state index in [1.54, 1.807) is 7.11 Å². The lowest BCUT2D eigenvalue weighted by Gasteiger charge is -2.40. The van der Waals surface area contributed by atoms with Gasteiger partial charge in [0.2, 0.25) is 0 Å². The Morgan fingerprint density at radius 2 is 1.86 bits per heavy atom. The third-order valence-corrected chi connectivity index (χ3v) is 3.31. The predicted octanol–water partition coefficient (Wildman–Crippen LogP) is -0.907. The van der Waals surface area contributed by atoms with Gasteiger partial charge in [-0.3, -0.25) is 0 Å². The van der Waals surface area contributed by atoms with Crippen LogP contribution in [-0.2, 0) is 14.2 Å². The predicted molar refractivity (Wildman–Crippen MR) is 76.8 cm³/mol. The summed E-state index contributed by atoms with van der Waals surface area (Å²) < 4.78 is 16.0.